The van der Waals surface area contributed by atoms with Gasteiger partial charge >= 0.3 is 5.97 Å². The van der Waals surface area contributed by atoms with Crippen molar-refractivity contribution in [1.82, 2.24) is 14.3 Å². The number of rotatable bonds is 9. The summed E-state index contributed by atoms with van der Waals surface area (Å²) in [5.74, 6) is -0.989. The average molecular weight is 461 g/mol. The Morgan fingerprint density at radius 2 is 2.13 bits per heavy atom. The highest BCUT2D eigenvalue weighted by atomic mass is 32.2. The Balaban J connectivity index is 2.02. The molecule has 10 heteroatoms. The van der Waals surface area contributed by atoms with Crippen molar-refractivity contribution in [3.63, 3.8) is 0 Å². The van der Waals surface area contributed by atoms with Crippen LogP contribution in [0.25, 0.3) is 11.7 Å². The van der Waals surface area contributed by atoms with Gasteiger partial charge in [0, 0.05) is 19.3 Å². The van der Waals surface area contributed by atoms with Gasteiger partial charge in [-0.05, 0) is 31.1 Å². The summed E-state index contributed by atoms with van der Waals surface area (Å²) in [4.78, 5) is 43.1. The largest absolute Gasteiger partial charge is 0.481 e. The Morgan fingerprint density at radius 3 is 2.84 bits per heavy atom. The predicted molar refractivity (Wildman–Crippen MR) is 126 cm³/mol. The number of nitrogens with one attached hydrogen (secondary N) is 1. The fourth-order valence-electron chi connectivity index (χ4n) is 3.19. The summed E-state index contributed by atoms with van der Waals surface area (Å²) >= 11 is 6.30. The van der Waals surface area contributed by atoms with Crippen molar-refractivity contribution in [2.75, 3.05) is 18.4 Å². The van der Waals surface area contributed by atoms with Crippen molar-refractivity contribution in [3.8, 4) is 0 Å². The van der Waals surface area contributed by atoms with E-state index in [2.05, 4.69) is 17.2 Å². The lowest BCUT2D eigenvalue weighted by molar-refractivity contribution is -0.137. The first kappa shape index (κ1) is 23.0. The Hall–Kier alpha value is -2.72. The van der Waals surface area contributed by atoms with E-state index >= 15 is 0 Å². The number of aryl methyl sites for hydroxylation is 1. The second-order valence-electron chi connectivity index (χ2n) is 7.18. The number of nitrogens with zero attached hydrogens (tertiary/aromatic N) is 3. The number of hydrogen-bond acceptors (Lipinski definition) is 7. The Morgan fingerprint density at radius 1 is 1.35 bits per heavy atom. The van der Waals surface area contributed by atoms with E-state index in [0.717, 1.165) is 36.6 Å². The maximum Gasteiger partial charge on any atom is 0.305 e. The van der Waals surface area contributed by atoms with Crippen molar-refractivity contribution < 1.29 is 14.7 Å². The predicted octanol–water partition coefficient (Wildman–Crippen LogP) is 3.28. The summed E-state index contributed by atoms with van der Waals surface area (Å²) in [6.07, 6.45) is 6.00. The van der Waals surface area contributed by atoms with Crippen LogP contribution in [0.2, 0.25) is 0 Å². The number of carboxylic acid groups (broad SMARTS) is 1. The zero-order chi connectivity index (χ0) is 22.5. The SMILES string of the molecule is CCCCCNc1nc2c(C)cccn2c(=O)c1C=C1SC(=S)N(CCC(=O)O)C1=O. The lowest BCUT2D eigenvalue weighted by Crippen LogP contribution is -2.30. The van der Waals surface area contributed by atoms with Crippen LogP contribution in [-0.4, -0.2) is 48.7 Å². The number of thioether (sulfide) groups is 1. The minimum absolute atomic E-state index is 0.00634. The molecule has 0 spiro atoms. The van der Waals surface area contributed by atoms with Crippen molar-refractivity contribution in [3.05, 3.63) is 44.7 Å². The minimum Gasteiger partial charge on any atom is -0.481 e. The molecule has 1 aliphatic rings. The van der Waals surface area contributed by atoms with E-state index in [-0.39, 0.29) is 33.3 Å². The molecule has 0 unspecified atom stereocenters. The van der Waals surface area contributed by atoms with Crippen LogP contribution in [0.1, 0.15) is 43.7 Å². The zero-order valence-electron chi connectivity index (χ0n) is 17.4. The lowest BCUT2D eigenvalue weighted by atomic mass is 10.2. The van der Waals surface area contributed by atoms with Crippen LogP contribution in [0, 0.1) is 6.92 Å². The molecule has 31 heavy (non-hydrogen) atoms. The first-order valence-corrected chi connectivity index (χ1v) is 11.3. The van der Waals surface area contributed by atoms with Gasteiger partial charge in [-0.3, -0.25) is 23.7 Å². The number of carbonyl (C=O) groups excluding carboxylic acids is 1. The number of carbonyl (C=O) groups is 2. The van der Waals surface area contributed by atoms with E-state index < -0.39 is 11.9 Å². The van der Waals surface area contributed by atoms with Crippen molar-refractivity contribution in [2.24, 2.45) is 0 Å². The Bertz CT molecular complexity index is 1130. The van der Waals surface area contributed by atoms with Gasteiger partial charge in [-0.1, -0.05) is 49.8 Å². The lowest BCUT2D eigenvalue weighted by Gasteiger charge is -2.13. The van der Waals surface area contributed by atoms with E-state index in [1.165, 1.54) is 15.4 Å². The number of thiocarbonyl (C=S) groups is 1. The monoisotopic (exact) mass is 460 g/mol. The highest BCUT2D eigenvalue weighted by Gasteiger charge is 2.32. The summed E-state index contributed by atoms with van der Waals surface area (Å²) in [5, 5.41) is 12.1. The normalized spacial score (nSPS) is 15.3. The molecule has 2 aromatic rings. The van der Waals surface area contributed by atoms with Crippen LogP contribution in [-0.2, 0) is 9.59 Å². The van der Waals surface area contributed by atoms with Gasteiger partial charge in [0.25, 0.3) is 11.5 Å². The number of hydrogen-bond donors (Lipinski definition) is 2. The van der Waals surface area contributed by atoms with E-state index in [1.54, 1.807) is 12.3 Å². The molecule has 8 nitrogen and oxygen atoms in total. The highest BCUT2D eigenvalue weighted by molar-refractivity contribution is 8.26. The van der Waals surface area contributed by atoms with Crippen LogP contribution in [0.3, 0.4) is 0 Å². The molecule has 1 fully saturated rings. The number of unbranched alkanes of at least 4 members (excludes halogenated alkanes) is 2. The molecule has 0 atom stereocenters. The molecule has 3 rings (SSSR count). The van der Waals surface area contributed by atoms with Gasteiger partial charge in [0.15, 0.2) is 0 Å². The molecule has 164 valence electrons. The third kappa shape index (κ3) is 5.13. The fourth-order valence-corrected chi connectivity index (χ4v) is 4.48. The van der Waals surface area contributed by atoms with E-state index in [9.17, 15) is 14.4 Å². The Kier molecular flexibility index (Phi) is 7.45. The zero-order valence-corrected chi connectivity index (χ0v) is 19.0. The summed E-state index contributed by atoms with van der Waals surface area (Å²) in [6, 6.07) is 3.66. The summed E-state index contributed by atoms with van der Waals surface area (Å²) in [7, 11) is 0. The number of amides is 1. The average Bonchev–Trinajstić information content (AvgIpc) is 2.99. The molecule has 0 aliphatic carbocycles. The molecule has 0 radical (unpaired) electrons. The number of carboxylic acids is 1. The van der Waals surface area contributed by atoms with Crippen LogP contribution in [0.4, 0.5) is 5.82 Å². The quantitative estimate of drug-likeness (QED) is 0.334. The van der Waals surface area contributed by atoms with Crippen LogP contribution >= 0.6 is 24.0 Å². The van der Waals surface area contributed by atoms with Gasteiger partial charge in [-0.15, -0.1) is 0 Å². The number of fused-ring (bicyclic) bond motifs is 1. The van der Waals surface area contributed by atoms with E-state index in [1.807, 2.05) is 13.0 Å². The number of pyridine rings is 1. The second kappa shape index (κ2) is 10.1. The van der Waals surface area contributed by atoms with Crippen LogP contribution in [0.15, 0.2) is 28.0 Å². The van der Waals surface area contributed by atoms with Gasteiger partial charge in [0.1, 0.15) is 15.8 Å². The first-order valence-electron chi connectivity index (χ1n) is 10.1. The van der Waals surface area contributed by atoms with E-state index in [4.69, 9.17) is 17.3 Å². The summed E-state index contributed by atoms with van der Waals surface area (Å²) in [6.45, 7) is 4.65. The third-order valence-corrected chi connectivity index (χ3v) is 6.23. The van der Waals surface area contributed by atoms with Crippen molar-refractivity contribution >= 4 is 57.7 Å². The van der Waals surface area contributed by atoms with Gasteiger partial charge in [-0.25, -0.2) is 4.98 Å². The first-order chi connectivity index (χ1) is 14.8. The van der Waals surface area contributed by atoms with Crippen molar-refractivity contribution in [2.45, 2.75) is 39.5 Å². The minimum atomic E-state index is -1.01. The molecular formula is C21H24N4O4S2. The smallest absolute Gasteiger partial charge is 0.305 e. The van der Waals surface area contributed by atoms with Gasteiger partial charge in [0.05, 0.1) is 16.9 Å². The van der Waals surface area contributed by atoms with Gasteiger partial charge in [0.2, 0.25) is 0 Å². The number of aromatic nitrogens is 2. The maximum absolute atomic E-state index is 13.3. The molecule has 2 aromatic heterocycles. The number of aliphatic carboxylic acids is 1. The number of anilines is 1. The molecule has 0 aromatic carbocycles. The summed E-state index contributed by atoms with van der Waals surface area (Å²) < 4.78 is 1.74. The van der Waals surface area contributed by atoms with E-state index in [0.29, 0.717) is 18.0 Å². The molecule has 1 saturated heterocycles. The molecule has 3 heterocycles. The molecule has 1 aliphatic heterocycles. The molecule has 2 N–H and O–H groups in total. The molecular weight excluding hydrogens is 436 g/mol. The highest BCUT2D eigenvalue weighted by Crippen LogP contribution is 2.33. The van der Waals surface area contributed by atoms with Gasteiger partial charge < -0.3 is 10.4 Å². The third-order valence-electron chi connectivity index (χ3n) is 4.86. The molecule has 0 saturated carbocycles. The van der Waals surface area contributed by atoms with Crippen molar-refractivity contribution in [1.29, 1.82) is 0 Å². The van der Waals surface area contributed by atoms with Crippen LogP contribution < -0.4 is 10.9 Å². The Labute approximate surface area is 189 Å². The summed E-state index contributed by atoms with van der Waals surface area (Å²) in [5.41, 5.74) is 1.40. The standard InChI is InChI=1S/C21H24N4O4S2/c1-3-4-5-9-22-17-14(19(28)24-10-6-7-13(2)18(24)23-17)12-15-20(29)25(21(30)31-15)11-8-16(26)27/h6-7,10,12,22H,3-5,8-9,11H2,1-2H3,(H,26,27). The maximum atomic E-state index is 13.3. The topological polar surface area (TPSA) is 104 Å². The van der Waals surface area contributed by atoms with Gasteiger partial charge in [-0.2, -0.15) is 0 Å². The molecule has 1 amide bonds. The molecule has 0 bridgehead atoms. The fraction of sp³-hybridized carbons (Fsp3) is 0.381. The van der Waals surface area contributed by atoms with Crippen LogP contribution in [0.5, 0.6) is 0 Å². The second-order valence-corrected chi connectivity index (χ2v) is 8.85.